The van der Waals surface area contributed by atoms with Crippen LogP contribution in [-0.2, 0) is 4.79 Å². The molecule has 1 aromatic carbocycles. The van der Waals surface area contributed by atoms with Gasteiger partial charge in [0, 0.05) is 6.04 Å². The van der Waals surface area contributed by atoms with Gasteiger partial charge >= 0.3 is 0 Å². The maximum absolute atomic E-state index is 12.2. The number of aryl methyl sites for hydroxylation is 1. The largest absolute Gasteiger partial charge is 0.481 e. The third-order valence-electron chi connectivity index (χ3n) is 3.45. The summed E-state index contributed by atoms with van der Waals surface area (Å²) in [5, 5.41) is 3.08. The lowest BCUT2D eigenvalue weighted by Crippen LogP contribution is -2.47. The van der Waals surface area contributed by atoms with Crippen molar-refractivity contribution in [3.05, 3.63) is 29.8 Å². The summed E-state index contributed by atoms with van der Waals surface area (Å²) in [4.78, 5) is 12.2. The molecule has 0 spiro atoms. The van der Waals surface area contributed by atoms with E-state index in [1.165, 1.54) is 5.56 Å². The number of hydrogen-bond acceptors (Lipinski definition) is 2. The maximum atomic E-state index is 12.2. The van der Waals surface area contributed by atoms with Gasteiger partial charge in [0.05, 0.1) is 0 Å². The average Bonchev–Trinajstić information content (AvgIpc) is 2.37. The first-order valence-electron chi connectivity index (χ1n) is 7.35. The molecule has 0 aromatic heterocycles. The van der Waals surface area contributed by atoms with Crippen LogP contribution in [0.25, 0.3) is 0 Å². The van der Waals surface area contributed by atoms with Gasteiger partial charge in [0.2, 0.25) is 0 Å². The van der Waals surface area contributed by atoms with E-state index >= 15 is 0 Å². The van der Waals surface area contributed by atoms with Gasteiger partial charge < -0.3 is 10.1 Å². The highest BCUT2D eigenvalue weighted by Gasteiger charge is 2.23. The fourth-order valence-corrected chi connectivity index (χ4v) is 2.26. The predicted octanol–water partition coefficient (Wildman–Crippen LogP) is 3.56. The molecule has 1 atom stereocenters. The monoisotopic (exact) mass is 277 g/mol. The molecular formula is C17H27NO2. The van der Waals surface area contributed by atoms with E-state index in [2.05, 4.69) is 33.0 Å². The van der Waals surface area contributed by atoms with Crippen molar-refractivity contribution < 1.29 is 9.53 Å². The molecule has 0 aliphatic rings. The van der Waals surface area contributed by atoms with Crippen molar-refractivity contribution in [3.8, 4) is 5.75 Å². The quantitative estimate of drug-likeness (QED) is 0.863. The number of carbonyl (C=O) groups excluding carboxylic acids is 1. The second kappa shape index (κ2) is 7.32. The van der Waals surface area contributed by atoms with E-state index in [4.69, 9.17) is 4.74 Å². The molecule has 20 heavy (non-hydrogen) atoms. The van der Waals surface area contributed by atoms with E-state index in [0.717, 1.165) is 5.75 Å². The van der Waals surface area contributed by atoms with Gasteiger partial charge in [-0.15, -0.1) is 0 Å². The van der Waals surface area contributed by atoms with Crippen LogP contribution in [0.5, 0.6) is 5.75 Å². The van der Waals surface area contributed by atoms with Crippen LogP contribution in [0.3, 0.4) is 0 Å². The molecule has 0 saturated carbocycles. The highest BCUT2D eigenvalue weighted by molar-refractivity contribution is 5.81. The molecule has 0 heterocycles. The number of ether oxygens (including phenoxy) is 1. The van der Waals surface area contributed by atoms with Gasteiger partial charge in [-0.3, -0.25) is 4.79 Å². The van der Waals surface area contributed by atoms with Crippen LogP contribution in [0.2, 0.25) is 0 Å². The fourth-order valence-electron chi connectivity index (χ4n) is 2.26. The zero-order valence-electron chi connectivity index (χ0n) is 13.4. The lowest BCUT2D eigenvalue weighted by molar-refractivity contribution is -0.128. The summed E-state index contributed by atoms with van der Waals surface area (Å²) in [6, 6.07) is 7.91. The molecule has 1 rings (SSSR count). The Kier molecular flexibility index (Phi) is 6.05. The standard InChI is InChI=1S/C17H27NO2/c1-11(2)16(12(3)4)18-17(19)14(6)20-15-9-7-13(5)8-10-15/h7-12,14,16H,1-6H3,(H,18,19)/t14-/m0/s1. The third-order valence-corrected chi connectivity index (χ3v) is 3.45. The highest BCUT2D eigenvalue weighted by Crippen LogP contribution is 2.15. The molecule has 3 nitrogen and oxygen atoms in total. The van der Waals surface area contributed by atoms with Gasteiger partial charge in [0.15, 0.2) is 6.10 Å². The molecule has 0 bridgehead atoms. The minimum Gasteiger partial charge on any atom is -0.481 e. The molecule has 0 aliphatic heterocycles. The molecule has 0 radical (unpaired) electrons. The zero-order valence-corrected chi connectivity index (χ0v) is 13.4. The Morgan fingerprint density at radius 3 is 1.95 bits per heavy atom. The average molecular weight is 277 g/mol. The summed E-state index contributed by atoms with van der Waals surface area (Å²) in [5.74, 6) is 1.48. The fraction of sp³-hybridized carbons (Fsp3) is 0.588. The van der Waals surface area contributed by atoms with Crippen molar-refractivity contribution in [3.63, 3.8) is 0 Å². The first kappa shape index (κ1) is 16.5. The Morgan fingerprint density at radius 1 is 1.00 bits per heavy atom. The predicted molar refractivity (Wildman–Crippen MR) is 82.9 cm³/mol. The first-order valence-corrected chi connectivity index (χ1v) is 7.35. The van der Waals surface area contributed by atoms with Gasteiger partial charge in [-0.1, -0.05) is 45.4 Å². The molecule has 3 heteroatoms. The Balaban J connectivity index is 2.60. The zero-order chi connectivity index (χ0) is 15.3. The van der Waals surface area contributed by atoms with E-state index in [1.54, 1.807) is 6.92 Å². The molecule has 0 fully saturated rings. The number of rotatable bonds is 6. The highest BCUT2D eigenvalue weighted by atomic mass is 16.5. The molecular weight excluding hydrogens is 250 g/mol. The Hall–Kier alpha value is -1.51. The van der Waals surface area contributed by atoms with Crippen molar-refractivity contribution in [2.75, 3.05) is 0 Å². The van der Waals surface area contributed by atoms with E-state index < -0.39 is 6.10 Å². The van der Waals surface area contributed by atoms with Gasteiger partial charge in [-0.05, 0) is 37.8 Å². The smallest absolute Gasteiger partial charge is 0.261 e. The van der Waals surface area contributed by atoms with Crippen molar-refractivity contribution in [2.24, 2.45) is 11.8 Å². The van der Waals surface area contributed by atoms with Gasteiger partial charge in [0.1, 0.15) is 5.75 Å². The van der Waals surface area contributed by atoms with Crippen molar-refractivity contribution in [1.82, 2.24) is 5.32 Å². The van der Waals surface area contributed by atoms with Crippen LogP contribution in [0, 0.1) is 18.8 Å². The van der Waals surface area contributed by atoms with Crippen LogP contribution in [-0.4, -0.2) is 18.1 Å². The van der Waals surface area contributed by atoms with Crippen LogP contribution >= 0.6 is 0 Å². The summed E-state index contributed by atoms with van der Waals surface area (Å²) < 4.78 is 5.68. The summed E-state index contributed by atoms with van der Waals surface area (Å²) in [6.07, 6.45) is -0.488. The maximum Gasteiger partial charge on any atom is 0.261 e. The number of benzene rings is 1. The van der Waals surface area contributed by atoms with Crippen molar-refractivity contribution >= 4 is 5.91 Å². The lowest BCUT2D eigenvalue weighted by Gasteiger charge is -2.27. The number of amides is 1. The van der Waals surface area contributed by atoms with Gasteiger partial charge in [0.25, 0.3) is 5.91 Å². The topological polar surface area (TPSA) is 38.3 Å². The molecule has 1 N–H and O–H groups in total. The van der Waals surface area contributed by atoms with Gasteiger partial charge in [-0.25, -0.2) is 0 Å². The molecule has 1 aromatic rings. The normalized spacial score (nSPS) is 12.8. The second-order valence-corrected chi connectivity index (χ2v) is 6.10. The lowest BCUT2D eigenvalue weighted by atomic mass is 9.93. The summed E-state index contributed by atoms with van der Waals surface area (Å²) in [5.41, 5.74) is 1.18. The SMILES string of the molecule is Cc1ccc(O[C@@H](C)C(=O)NC(C(C)C)C(C)C)cc1. The van der Waals surface area contributed by atoms with Crippen molar-refractivity contribution in [1.29, 1.82) is 0 Å². The minimum atomic E-state index is -0.488. The Bertz CT molecular complexity index is 415. The molecule has 0 unspecified atom stereocenters. The third kappa shape index (κ3) is 4.87. The van der Waals surface area contributed by atoms with E-state index in [1.807, 2.05) is 31.2 Å². The molecule has 0 aliphatic carbocycles. The summed E-state index contributed by atoms with van der Waals surface area (Å²) in [7, 11) is 0. The van der Waals surface area contributed by atoms with Crippen LogP contribution in [0.4, 0.5) is 0 Å². The second-order valence-electron chi connectivity index (χ2n) is 6.10. The van der Waals surface area contributed by atoms with Gasteiger partial charge in [-0.2, -0.15) is 0 Å². The van der Waals surface area contributed by atoms with E-state index in [9.17, 15) is 4.79 Å². The Morgan fingerprint density at radius 2 is 1.50 bits per heavy atom. The van der Waals surface area contributed by atoms with Crippen LogP contribution in [0.15, 0.2) is 24.3 Å². The van der Waals surface area contributed by atoms with E-state index in [-0.39, 0.29) is 11.9 Å². The van der Waals surface area contributed by atoms with Crippen molar-refractivity contribution in [2.45, 2.75) is 53.7 Å². The molecule has 112 valence electrons. The summed E-state index contributed by atoms with van der Waals surface area (Å²) >= 11 is 0. The first-order chi connectivity index (χ1) is 9.31. The summed E-state index contributed by atoms with van der Waals surface area (Å²) in [6.45, 7) is 12.3. The number of hydrogen-bond donors (Lipinski definition) is 1. The van der Waals surface area contributed by atoms with Crippen LogP contribution < -0.4 is 10.1 Å². The minimum absolute atomic E-state index is 0.0574. The number of nitrogens with one attached hydrogen (secondary N) is 1. The number of carbonyl (C=O) groups is 1. The molecule has 1 amide bonds. The van der Waals surface area contributed by atoms with Crippen LogP contribution in [0.1, 0.15) is 40.2 Å². The van der Waals surface area contributed by atoms with E-state index in [0.29, 0.717) is 11.8 Å². The Labute approximate surface area is 122 Å². The molecule has 0 saturated heterocycles.